The van der Waals surface area contributed by atoms with Gasteiger partial charge in [-0.3, -0.25) is 9.69 Å². The van der Waals surface area contributed by atoms with Gasteiger partial charge in [0.2, 0.25) is 15.9 Å². The summed E-state index contributed by atoms with van der Waals surface area (Å²) in [6, 6.07) is 6.20. The number of sulfonamides is 1. The van der Waals surface area contributed by atoms with Crippen LogP contribution in [0.1, 0.15) is 25.7 Å². The van der Waals surface area contributed by atoms with E-state index >= 15 is 0 Å². The standard InChI is InChI=1S/C18H26ClN3O3S/c19-16-5-7-17(8-6-16)26(24,25)22-13-11-21(12-14-22)18(23)15-20-9-3-1-2-4-10-20/h5-8H,1-4,9-15H2. The number of piperazine rings is 1. The molecule has 0 atom stereocenters. The highest BCUT2D eigenvalue weighted by atomic mass is 35.5. The molecule has 0 radical (unpaired) electrons. The van der Waals surface area contributed by atoms with Crippen molar-refractivity contribution in [1.29, 1.82) is 0 Å². The zero-order valence-corrected chi connectivity index (χ0v) is 16.5. The highest BCUT2D eigenvalue weighted by Crippen LogP contribution is 2.20. The smallest absolute Gasteiger partial charge is 0.243 e. The van der Waals surface area contributed by atoms with E-state index in [1.54, 1.807) is 17.0 Å². The molecule has 2 fully saturated rings. The van der Waals surface area contributed by atoms with Crippen molar-refractivity contribution in [3.63, 3.8) is 0 Å². The summed E-state index contributed by atoms with van der Waals surface area (Å²) >= 11 is 5.84. The Balaban J connectivity index is 1.54. The van der Waals surface area contributed by atoms with Gasteiger partial charge in [0, 0.05) is 31.2 Å². The van der Waals surface area contributed by atoms with E-state index in [9.17, 15) is 13.2 Å². The van der Waals surface area contributed by atoms with Gasteiger partial charge in [0.15, 0.2) is 0 Å². The lowest BCUT2D eigenvalue weighted by Gasteiger charge is -2.35. The minimum absolute atomic E-state index is 0.107. The van der Waals surface area contributed by atoms with Gasteiger partial charge in [-0.1, -0.05) is 24.4 Å². The van der Waals surface area contributed by atoms with Gasteiger partial charge in [0.1, 0.15) is 0 Å². The Labute approximate surface area is 160 Å². The van der Waals surface area contributed by atoms with Crippen LogP contribution in [0.3, 0.4) is 0 Å². The van der Waals surface area contributed by atoms with Crippen LogP contribution in [0.5, 0.6) is 0 Å². The summed E-state index contributed by atoms with van der Waals surface area (Å²) in [7, 11) is -3.53. The molecular formula is C18H26ClN3O3S. The molecule has 26 heavy (non-hydrogen) atoms. The number of hydrogen-bond donors (Lipinski definition) is 0. The third-order valence-corrected chi connectivity index (χ3v) is 7.27. The van der Waals surface area contributed by atoms with Crippen molar-refractivity contribution in [2.45, 2.75) is 30.6 Å². The molecule has 0 bridgehead atoms. The molecule has 3 rings (SSSR count). The molecule has 0 saturated carbocycles. The average Bonchev–Trinajstić information content (AvgIpc) is 2.91. The van der Waals surface area contributed by atoms with Crippen LogP contribution in [-0.2, 0) is 14.8 Å². The van der Waals surface area contributed by atoms with Gasteiger partial charge in [-0.15, -0.1) is 0 Å². The summed E-state index contributed by atoms with van der Waals surface area (Å²) in [6.07, 6.45) is 4.79. The fourth-order valence-corrected chi connectivity index (χ4v) is 5.07. The molecule has 8 heteroatoms. The van der Waals surface area contributed by atoms with Crippen molar-refractivity contribution in [2.24, 2.45) is 0 Å². The van der Waals surface area contributed by atoms with Crippen LogP contribution >= 0.6 is 11.6 Å². The number of amides is 1. The Bertz CT molecular complexity index is 708. The molecule has 0 N–H and O–H groups in total. The van der Waals surface area contributed by atoms with Crippen molar-refractivity contribution in [2.75, 3.05) is 45.8 Å². The first-order valence-corrected chi connectivity index (χ1v) is 11.0. The van der Waals surface area contributed by atoms with Gasteiger partial charge >= 0.3 is 0 Å². The lowest BCUT2D eigenvalue weighted by atomic mass is 10.2. The van der Waals surface area contributed by atoms with Gasteiger partial charge in [-0.25, -0.2) is 8.42 Å². The van der Waals surface area contributed by atoms with Crippen molar-refractivity contribution in [3.05, 3.63) is 29.3 Å². The van der Waals surface area contributed by atoms with Crippen molar-refractivity contribution >= 4 is 27.5 Å². The Morgan fingerprint density at radius 3 is 2.04 bits per heavy atom. The largest absolute Gasteiger partial charge is 0.339 e. The summed E-state index contributed by atoms with van der Waals surface area (Å²) in [4.78, 5) is 16.8. The molecule has 2 aliphatic rings. The second-order valence-electron chi connectivity index (χ2n) is 6.93. The molecule has 1 aromatic carbocycles. The zero-order valence-electron chi connectivity index (χ0n) is 14.9. The fraction of sp³-hybridized carbons (Fsp3) is 0.611. The van der Waals surface area contributed by atoms with Crippen LogP contribution < -0.4 is 0 Å². The molecule has 0 aliphatic carbocycles. The second-order valence-corrected chi connectivity index (χ2v) is 9.30. The van der Waals surface area contributed by atoms with Crippen molar-refractivity contribution in [1.82, 2.24) is 14.1 Å². The van der Waals surface area contributed by atoms with E-state index in [0.717, 1.165) is 25.9 Å². The lowest BCUT2D eigenvalue weighted by Crippen LogP contribution is -2.52. The van der Waals surface area contributed by atoms with Crippen LogP contribution in [-0.4, -0.2) is 74.2 Å². The first-order chi connectivity index (χ1) is 12.5. The first-order valence-electron chi connectivity index (χ1n) is 9.23. The van der Waals surface area contributed by atoms with Gasteiger partial charge < -0.3 is 4.90 Å². The Morgan fingerprint density at radius 1 is 0.885 bits per heavy atom. The monoisotopic (exact) mass is 399 g/mol. The number of likely N-dealkylation sites (tertiary alicyclic amines) is 1. The zero-order chi connectivity index (χ0) is 18.6. The molecule has 1 amide bonds. The van der Waals surface area contributed by atoms with Crippen LogP contribution in [0, 0.1) is 0 Å². The van der Waals surface area contributed by atoms with Crippen LogP contribution in [0.2, 0.25) is 5.02 Å². The lowest BCUT2D eigenvalue weighted by molar-refractivity contribution is -0.133. The quantitative estimate of drug-likeness (QED) is 0.777. The van der Waals surface area contributed by atoms with E-state index < -0.39 is 10.0 Å². The normalized spacial score (nSPS) is 20.7. The van der Waals surface area contributed by atoms with Gasteiger partial charge in [-0.2, -0.15) is 4.31 Å². The van der Waals surface area contributed by atoms with E-state index in [4.69, 9.17) is 11.6 Å². The number of carbonyl (C=O) groups excluding carboxylic acids is 1. The molecule has 0 unspecified atom stereocenters. The third kappa shape index (κ3) is 4.76. The van der Waals surface area contributed by atoms with Crippen LogP contribution in [0.4, 0.5) is 0 Å². The molecule has 1 aromatic rings. The molecule has 2 heterocycles. The minimum atomic E-state index is -3.53. The summed E-state index contributed by atoms with van der Waals surface area (Å²) in [5.74, 6) is 0.107. The predicted molar refractivity (Wildman–Crippen MR) is 102 cm³/mol. The number of halogens is 1. The van der Waals surface area contributed by atoms with Gasteiger partial charge in [-0.05, 0) is 50.2 Å². The van der Waals surface area contributed by atoms with Crippen molar-refractivity contribution < 1.29 is 13.2 Å². The van der Waals surface area contributed by atoms with E-state index in [2.05, 4.69) is 4.90 Å². The number of benzene rings is 1. The van der Waals surface area contributed by atoms with Gasteiger partial charge in [0.25, 0.3) is 0 Å². The van der Waals surface area contributed by atoms with E-state index in [1.165, 1.54) is 29.3 Å². The molecule has 2 aliphatic heterocycles. The van der Waals surface area contributed by atoms with Crippen LogP contribution in [0.25, 0.3) is 0 Å². The molecule has 6 nitrogen and oxygen atoms in total. The molecular weight excluding hydrogens is 374 g/mol. The van der Waals surface area contributed by atoms with Crippen molar-refractivity contribution in [3.8, 4) is 0 Å². The van der Waals surface area contributed by atoms with E-state index in [0.29, 0.717) is 37.7 Å². The molecule has 2 saturated heterocycles. The second kappa shape index (κ2) is 8.69. The summed E-state index contributed by atoms with van der Waals surface area (Å²) in [5.41, 5.74) is 0. The van der Waals surface area contributed by atoms with Gasteiger partial charge in [0.05, 0.1) is 11.4 Å². The van der Waals surface area contributed by atoms with E-state index in [1.807, 2.05) is 0 Å². The Hall–Kier alpha value is -1.15. The summed E-state index contributed by atoms with van der Waals surface area (Å²) in [5, 5.41) is 0.507. The Morgan fingerprint density at radius 2 is 1.46 bits per heavy atom. The Kier molecular flexibility index (Phi) is 6.55. The SMILES string of the molecule is O=C(CN1CCCCCC1)N1CCN(S(=O)(=O)c2ccc(Cl)cc2)CC1. The van der Waals surface area contributed by atoms with Crippen LogP contribution in [0.15, 0.2) is 29.2 Å². The molecule has 144 valence electrons. The number of rotatable bonds is 4. The predicted octanol–water partition coefficient (Wildman–Crippen LogP) is 2.05. The highest BCUT2D eigenvalue weighted by molar-refractivity contribution is 7.89. The summed E-state index contributed by atoms with van der Waals surface area (Å²) < 4.78 is 26.9. The number of carbonyl (C=O) groups is 1. The fourth-order valence-electron chi connectivity index (χ4n) is 3.52. The average molecular weight is 400 g/mol. The maximum atomic E-state index is 12.7. The minimum Gasteiger partial charge on any atom is -0.339 e. The first kappa shape index (κ1) is 19.6. The number of nitrogens with zero attached hydrogens (tertiary/aromatic N) is 3. The molecule has 0 aromatic heterocycles. The summed E-state index contributed by atoms with van der Waals surface area (Å²) in [6.45, 7) is 3.96. The maximum absolute atomic E-state index is 12.7. The molecule has 0 spiro atoms. The highest BCUT2D eigenvalue weighted by Gasteiger charge is 2.30. The topological polar surface area (TPSA) is 60.9 Å². The van der Waals surface area contributed by atoms with E-state index in [-0.39, 0.29) is 10.8 Å². The third-order valence-electron chi connectivity index (χ3n) is 5.10. The number of hydrogen-bond acceptors (Lipinski definition) is 4. The maximum Gasteiger partial charge on any atom is 0.243 e.